The smallest absolute Gasteiger partial charge is 0.0681 e. The van der Waals surface area contributed by atoms with E-state index in [2.05, 4.69) is 49.3 Å². The van der Waals surface area contributed by atoms with Gasteiger partial charge in [-0.2, -0.15) is 5.10 Å². The Morgan fingerprint density at radius 3 is 2.44 bits per heavy atom. The summed E-state index contributed by atoms with van der Waals surface area (Å²) >= 11 is 0. The van der Waals surface area contributed by atoms with Gasteiger partial charge in [-0.3, -0.25) is 4.68 Å². The van der Waals surface area contributed by atoms with Gasteiger partial charge in [-0.05, 0) is 29.7 Å². The van der Waals surface area contributed by atoms with E-state index >= 15 is 0 Å². The Balaban J connectivity index is 2.30. The molecule has 96 valence electrons. The van der Waals surface area contributed by atoms with Gasteiger partial charge in [0, 0.05) is 13.5 Å². The van der Waals surface area contributed by atoms with E-state index in [9.17, 15) is 0 Å². The van der Waals surface area contributed by atoms with Crippen LogP contribution in [0.5, 0.6) is 0 Å². The molecule has 2 N–H and O–H groups in total. The molecular weight excluding hydrogens is 222 g/mol. The molecule has 0 aliphatic heterocycles. The molecule has 1 aromatic carbocycles. The Kier molecular flexibility index (Phi) is 3.82. The van der Waals surface area contributed by atoms with Crippen LogP contribution in [-0.2, 0) is 13.5 Å². The zero-order valence-corrected chi connectivity index (χ0v) is 11.4. The molecule has 0 fully saturated rings. The van der Waals surface area contributed by atoms with Crippen molar-refractivity contribution in [2.45, 2.75) is 26.2 Å². The van der Waals surface area contributed by atoms with Gasteiger partial charge in [0.1, 0.15) is 0 Å². The van der Waals surface area contributed by atoms with Crippen LogP contribution in [0.15, 0.2) is 30.3 Å². The second-order valence-corrected chi connectivity index (χ2v) is 4.96. The molecule has 0 saturated carbocycles. The molecule has 3 nitrogen and oxygen atoms in total. The topological polar surface area (TPSA) is 43.8 Å². The highest BCUT2D eigenvalue weighted by atomic mass is 15.3. The third-order valence-electron chi connectivity index (χ3n) is 3.20. The van der Waals surface area contributed by atoms with Gasteiger partial charge >= 0.3 is 0 Å². The van der Waals surface area contributed by atoms with E-state index in [-0.39, 0.29) is 0 Å². The van der Waals surface area contributed by atoms with Crippen LogP contribution in [0.25, 0.3) is 11.3 Å². The summed E-state index contributed by atoms with van der Waals surface area (Å²) in [5.41, 5.74) is 10.3. The molecule has 0 saturated heterocycles. The second-order valence-electron chi connectivity index (χ2n) is 4.96. The molecule has 1 heterocycles. The van der Waals surface area contributed by atoms with Crippen LogP contribution in [0.3, 0.4) is 0 Å². The standard InChI is InChI=1S/C15H21N3/c1-11(2)12-4-6-13(7-5-12)15-10-14(8-9-16)17-18(15)3/h4-7,10-11H,8-9,16H2,1-3H3. The van der Waals surface area contributed by atoms with Gasteiger partial charge in [0.25, 0.3) is 0 Å². The van der Waals surface area contributed by atoms with Crippen LogP contribution < -0.4 is 5.73 Å². The Labute approximate surface area is 109 Å². The maximum absolute atomic E-state index is 5.56. The molecule has 2 rings (SSSR count). The third kappa shape index (κ3) is 2.62. The van der Waals surface area contributed by atoms with Crippen LogP contribution >= 0.6 is 0 Å². The SMILES string of the molecule is CC(C)c1ccc(-c2cc(CCN)nn2C)cc1. The molecule has 0 unspecified atom stereocenters. The molecule has 0 atom stereocenters. The number of aromatic nitrogens is 2. The lowest BCUT2D eigenvalue weighted by molar-refractivity contribution is 0.745. The van der Waals surface area contributed by atoms with Crippen molar-refractivity contribution >= 4 is 0 Å². The van der Waals surface area contributed by atoms with Gasteiger partial charge in [-0.15, -0.1) is 0 Å². The van der Waals surface area contributed by atoms with Crippen molar-refractivity contribution < 1.29 is 0 Å². The Hall–Kier alpha value is -1.61. The lowest BCUT2D eigenvalue weighted by atomic mass is 10.0. The molecule has 3 heteroatoms. The molecule has 18 heavy (non-hydrogen) atoms. The summed E-state index contributed by atoms with van der Waals surface area (Å²) in [4.78, 5) is 0. The number of benzene rings is 1. The van der Waals surface area contributed by atoms with Crippen molar-refractivity contribution in [3.05, 3.63) is 41.6 Å². The van der Waals surface area contributed by atoms with E-state index in [4.69, 9.17) is 5.73 Å². The van der Waals surface area contributed by atoms with Gasteiger partial charge < -0.3 is 5.73 Å². The number of aryl methyl sites for hydroxylation is 1. The van der Waals surface area contributed by atoms with Gasteiger partial charge in [0.2, 0.25) is 0 Å². The first kappa shape index (κ1) is 12.8. The third-order valence-corrected chi connectivity index (χ3v) is 3.20. The summed E-state index contributed by atoms with van der Waals surface area (Å²) in [6, 6.07) is 10.8. The number of nitrogens with two attached hydrogens (primary N) is 1. The average molecular weight is 243 g/mol. The summed E-state index contributed by atoms with van der Waals surface area (Å²) in [6.07, 6.45) is 0.831. The highest BCUT2D eigenvalue weighted by Gasteiger charge is 2.07. The largest absolute Gasteiger partial charge is 0.330 e. The summed E-state index contributed by atoms with van der Waals surface area (Å²) in [7, 11) is 1.98. The molecule has 0 spiro atoms. The monoisotopic (exact) mass is 243 g/mol. The van der Waals surface area contributed by atoms with Gasteiger partial charge in [-0.25, -0.2) is 0 Å². The highest BCUT2D eigenvalue weighted by Crippen LogP contribution is 2.23. The summed E-state index contributed by atoms with van der Waals surface area (Å²) < 4.78 is 1.93. The van der Waals surface area contributed by atoms with Crippen molar-refractivity contribution in [3.8, 4) is 11.3 Å². The lowest BCUT2D eigenvalue weighted by Crippen LogP contribution is -2.03. The second kappa shape index (κ2) is 5.36. The first-order valence-corrected chi connectivity index (χ1v) is 6.45. The van der Waals surface area contributed by atoms with Crippen molar-refractivity contribution in [2.75, 3.05) is 6.54 Å². The van der Waals surface area contributed by atoms with E-state index in [1.54, 1.807) is 0 Å². The first-order valence-electron chi connectivity index (χ1n) is 6.45. The zero-order chi connectivity index (χ0) is 13.1. The molecule has 0 amide bonds. The zero-order valence-electron chi connectivity index (χ0n) is 11.4. The van der Waals surface area contributed by atoms with Crippen molar-refractivity contribution in [2.24, 2.45) is 12.8 Å². The van der Waals surface area contributed by atoms with E-state index in [0.29, 0.717) is 12.5 Å². The van der Waals surface area contributed by atoms with Crippen LogP contribution in [0.1, 0.15) is 31.0 Å². The minimum Gasteiger partial charge on any atom is -0.330 e. The van der Waals surface area contributed by atoms with Gasteiger partial charge in [-0.1, -0.05) is 38.1 Å². The minimum atomic E-state index is 0.568. The lowest BCUT2D eigenvalue weighted by Gasteiger charge is -2.07. The maximum Gasteiger partial charge on any atom is 0.0681 e. The van der Waals surface area contributed by atoms with Crippen LogP contribution in [0.2, 0.25) is 0 Å². The molecule has 1 aromatic heterocycles. The number of hydrogen-bond acceptors (Lipinski definition) is 2. The number of hydrogen-bond donors (Lipinski definition) is 1. The minimum absolute atomic E-state index is 0.568. The Morgan fingerprint density at radius 1 is 1.22 bits per heavy atom. The van der Waals surface area contributed by atoms with E-state index in [0.717, 1.165) is 17.8 Å². The molecular formula is C15H21N3. The van der Waals surface area contributed by atoms with Gasteiger partial charge in [0.15, 0.2) is 0 Å². The predicted molar refractivity (Wildman–Crippen MR) is 75.5 cm³/mol. The van der Waals surface area contributed by atoms with E-state index in [1.807, 2.05) is 11.7 Å². The van der Waals surface area contributed by atoms with E-state index in [1.165, 1.54) is 11.1 Å². The number of rotatable bonds is 4. The predicted octanol–water partition coefficient (Wildman–Crippen LogP) is 2.71. The van der Waals surface area contributed by atoms with E-state index < -0.39 is 0 Å². The summed E-state index contributed by atoms with van der Waals surface area (Å²) in [6.45, 7) is 5.06. The molecule has 0 bridgehead atoms. The highest BCUT2D eigenvalue weighted by molar-refractivity contribution is 5.60. The molecule has 0 radical (unpaired) electrons. The maximum atomic E-state index is 5.56. The van der Waals surface area contributed by atoms with Gasteiger partial charge in [0.05, 0.1) is 11.4 Å². The molecule has 0 aliphatic rings. The van der Waals surface area contributed by atoms with Crippen molar-refractivity contribution in [1.29, 1.82) is 0 Å². The average Bonchev–Trinajstić information content (AvgIpc) is 2.71. The fourth-order valence-electron chi connectivity index (χ4n) is 2.11. The fraction of sp³-hybridized carbons (Fsp3) is 0.400. The van der Waals surface area contributed by atoms with Crippen LogP contribution in [0.4, 0.5) is 0 Å². The summed E-state index contributed by atoms with van der Waals surface area (Å²) in [5.74, 6) is 0.568. The number of nitrogens with zero attached hydrogens (tertiary/aromatic N) is 2. The van der Waals surface area contributed by atoms with Crippen LogP contribution in [-0.4, -0.2) is 16.3 Å². The van der Waals surface area contributed by atoms with Crippen LogP contribution in [0, 0.1) is 0 Å². The molecule has 0 aliphatic carbocycles. The Bertz CT molecular complexity index is 509. The normalized spacial score (nSPS) is 11.2. The fourth-order valence-corrected chi connectivity index (χ4v) is 2.11. The summed E-state index contributed by atoms with van der Waals surface area (Å²) in [5, 5.41) is 4.47. The van der Waals surface area contributed by atoms with Crippen molar-refractivity contribution in [3.63, 3.8) is 0 Å². The Morgan fingerprint density at radius 2 is 1.89 bits per heavy atom. The first-order chi connectivity index (χ1) is 8.61. The van der Waals surface area contributed by atoms with Crippen molar-refractivity contribution in [1.82, 2.24) is 9.78 Å². The molecule has 2 aromatic rings. The quantitative estimate of drug-likeness (QED) is 0.897.